The summed E-state index contributed by atoms with van der Waals surface area (Å²) in [7, 11) is 0. The number of unbranched alkanes of at least 4 members (excludes halogenated alkanes) is 2. The maximum Gasteiger partial charge on any atom is -0.00438 e. The molecule has 1 heteroatoms. The zero-order valence-electron chi connectivity index (χ0n) is 11.4. The first kappa shape index (κ1) is 15.0. The molecule has 0 aromatic heterocycles. The van der Waals surface area contributed by atoms with E-state index in [1.165, 1.54) is 25.7 Å². The number of nitrogens with two attached hydrogens (primary N) is 1. The van der Waals surface area contributed by atoms with Crippen LogP contribution >= 0.6 is 0 Å². The standard InChI is InChI=1S/C14H31N/c1-6-7-8-9-12(4)13(5)14(10-15)11(2)3/h11-14H,6-10,15H2,1-5H3. The van der Waals surface area contributed by atoms with Crippen LogP contribution in [-0.4, -0.2) is 6.54 Å². The van der Waals surface area contributed by atoms with Crippen molar-refractivity contribution in [3.63, 3.8) is 0 Å². The molecule has 3 atom stereocenters. The Balaban J connectivity index is 3.98. The van der Waals surface area contributed by atoms with Gasteiger partial charge in [0, 0.05) is 0 Å². The maximum absolute atomic E-state index is 5.87. The summed E-state index contributed by atoms with van der Waals surface area (Å²) < 4.78 is 0. The Hall–Kier alpha value is -0.0400. The lowest BCUT2D eigenvalue weighted by Gasteiger charge is -2.31. The Labute approximate surface area is 96.8 Å². The molecule has 2 N–H and O–H groups in total. The topological polar surface area (TPSA) is 26.0 Å². The molecule has 0 aromatic rings. The van der Waals surface area contributed by atoms with E-state index in [1.807, 2.05) is 0 Å². The highest BCUT2D eigenvalue weighted by atomic mass is 14.6. The lowest BCUT2D eigenvalue weighted by atomic mass is 9.76. The molecule has 0 radical (unpaired) electrons. The summed E-state index contributed by atoms with van der Waals surface area (Å²) in [5.41, 5.74) is 5.87. The minimum Gasteiger partial charge on any atom is -0.330 e. The van der Waals surface area contributed by atoms with Crippen LogP contribution in [0, 0.1) is 23.7 Å². The summed E-state index contributed by atoms with van der Waals surface area (Å²) in [4.78, 5) is 0. The van der Waals surface area contributed by atoms with Crippen LogP contribution in [0.15, 0.2) is 0 Å². The first-order chi connectivity index (χ1) is 7.04. The van der Waals surface area contributed by atoms with Crippen LogP contribution in [0.5, 0.6) is 0 Å². The summed E-state index contributed by atoms with van der Waals surface area (Å²) >= 11 is 0. The Morgan fingerprint density at radius 2 is 1.60 bits per heavy atom. The van der Waals surface area contributed by atoms with E-state index in [-0.39, 0.29) is 0 Å². The van der Waals surface area contributed by atoms with Gasteiger partial charge in [0.05, 0.1) is 0 Å². The van der Waals surface area contributed by atoms with Gasteiger partial charge in [-0.15, -0.1) is 0 Å². The van der Waals surface area contributed by atoms with Gasteiger partial charge in [-0.2, -0.15) is 0 Å². The van der Waals surface area contributed by atoms with E-state index in [1.54, 1.807) is 0 Å². The molecule has 0 bridgehead atoms. The average Bonchev–Trinajstić information content (AvgIpc) is 2.18. The van der Waals surface area contributed by atoms with Crippen molar-refractivity contribution < 1.29 is 0 Å². The Morgan fingerprint density at radius 1 is 1.00 bits per heavy atom. The van der Waals surface area contributed by atoms with Crippen LogP contribution < -0.4 is 5.73 Å². The van der Waals surface area contributed by atoms with Gasteiger partial charge in [-0.25, -0.2) is 0 Å². The van der Waals surface area contributed by atoms with Crippen molar-refractivity contribution in [3.8, 4) is 0 Å². The Bertz CT molecular complexity index is 142. The predicted octanol–water partition coefficient (Wildman–Crippen LogP) is 4.07. The lowest BCUT2D eigenvalue weighted by Crippen LogP contribution is -2.30. The van der Waals surface area contributed by atoms with Gasteiger partial charge in [0.15, 0.2) is 0 Å². The molecule has 92 valence electrons. The second-order valence-corrected chi connectivity index (χ2v) is 5.48. The van der Waals surface area contributed by atoms with Gasteiger partial charge < -0.3 is 5.73 Å². The van der Waals surface area contributed by atoms with Gasteiger partial charge in [0.25, 0.3) is 0 Å². The van der Waals surface area contributed by atoms with Gasteiger partial charge in [-0.1, -0.05) is 60.3 Å². The highest BCUT2D eigenvalue weighted by molar-refractivity contribution is 4.74. The van der Waals surface area contributed by atoms with Crippen LogP contribution in [0.2, 0.25) is 0 Å². The third kappa shape index (κ3) is 5.55. The Kier molecular flexibility index (Phi) is 8.13. The fourth-order valence-corrected chi connectivity index (χ4v) is 2.50. The van der Waals surface area contributed by atoms with E-state index in [4.69, 9.17) is 5.73 Å². The summed E-state index contributed by atoms with van der Waals surface area (Å²) in [6.07, 6.45) is 5.47. The predicted molar refractivity (Wildman–Crippen MR) is 69.9 cm³/mol. The fourth-order valence-electron chi connectivity index (χ4n) is 2.50. The summed E-state index contributed by atoms with van der Waals surface area (Å²) in [6, 6.07) is 0. The van der Waals surface area contributed by atoms with E-state index in [0.717, 1.165) is 24.3 Å². The summed E-state index contributed by atoms with van der Waals surface area (Å²) in [6.45, 7) is 12.5. The largest absolute Gasteiger partial charge is 0.330 e. The van der Waals surface area contributed by atoms with Crippen molar-refractivity contribution in [3.05, 3.63) is 0 Å². The van der Waals surface area contributed by atoms with Crippen molar-refractivity contribution in [1.82, 2.24) is 0 Å². The first-order valence-corrected chi connectivity index (χ1v) is 6.74. The van der Waals surface area contributed by atoms with Crippen molar-refractivity contribution in [2.45, 2.75) is 60.3 Å². The summed E-state index contributed by atoms with van der Waals surface area (Å²) in [5, 5.41) is 0. The molecule has 0 amide bonds. The average molecular weight is 213 g/mol. The first-order valence-electron chi connectivity index (χ1n) is 6.74. The van der Waals surface area contributed by atoms with Crippen LogP contribution in [0.4, 0.5) is 0 Å². The zero-order valence-corrected chi connectivity index (χ0v) is 11.4. The van der Waals surface area contributed by atoms with Crippen molar-refractivity contribution in [1.29, 1.82) is 0 Å². The van der Waals surface area contributed by atoms with Crippen molar-refractivity contribution in [2.75, 3.05) is 6.54 Å². The molecular formula is C14H31N. The smallest absolute Gasteiger partial charge is 0.00438 e. The number of hydrogen-bond acceptors (Lipinski definition) is 1. The fraction of sp³-hybridized carbons (Fsp3) is 1.00. The minimum atomic E-state index is 0.696. The molecule has 0 saturated heterocycles. The van der Waals surface area contributed by atoms with Gasteiger partial charge in [0.1, 0.15) is 0 Å². The van der Waals surface area contributed by atoms with Gasteiger partial charge in [-0.3, -0.25) is 0 Å². The van der Waals surface area contributed by atoms with Gasteiger partial charge >= 0.3 is 0 Å². The molecule has 0 aliphatic rings. The third-order valence-corrected chi connectivity index (χ3v) is 3.96. The Morgan fingerprint density at radius 3 is 2.00 bits per heavy atom. The molecule has 15 heavy (non-hydrogen) atoms. The van der Waals surface area contributed by atoms with E-state index < -0.39 is 0 Å². The molecule has 3 unspecified atom stereocenters. The van der Waals surface area contributed by atoms with E-state index in [2.05, 4.69) is 34.6 Å². The summed E-state index contributed by atoms with van der Waals surface area (Å²) in [5.74, 6) is 3.01. The molecule has 0 spiro atoms. The monoisotopic (exact) mass is 213 g/mol. The van der Waals surface area contributed by atoms with Crippen molar-refractivity contribution >= 4 is 0 Å². The molecule has 0 aliphatic carbocycles. The number of hydrogen-bond donors (Lipinski definition) is 1. The van der Waals surface area contributed by atoms with Crippen LogP contribution in [0.3, 0.4) is 0 Å². The highest BCUT2D eigenvalue weighted by Crippen LogP contribution is 2.29. The molecule has 0 aromatic carbocycles. The molecule has 0 aliphatic heterocycles. The molecular weight excluding hydrogens is 182 g/mol. The second kappa shape index (κ2) is 8.15. The maximum atomic E-state index is 5.87. The molecule has 1 nitrogen and oxygen atoms in total. The van der Waals surface area contributed by atoms with Gasteiger partial charge in [-0.05, 0) is 30.2 Å². The van der Waals surface area contributed by atoms with Gasteiger partial charge in [0.2, 0.25) is 0 Å². The SMILES string of the molecule is CCCCCC(C)C(C)C(CN)C(C)C. The quantitative estimate of drug-likeness (QED) is 0.604. The number of rotatable bonds is 8. The third-order valence-electron chi connectivity index (χ3n) is 3.96. The molecule has 0 heterocycles. The van der Waals surface area contributed by atoms with Crippen LogP contribution in [0.25, 0.3) is 0 Å². The lowest BCUT2D eigenvalue weighted by molar-refractivity contribution is 0.200. The molecule has 0 rings (SSSR count). The van der Waals surface area contributed by atoms with E-state index in [0.29, 0.717) is 5.92 Å². The van der Waals surface area contributed by atoms with Crippen LogP contribution in [0.1, 0.15) is 60.3 Å². The second-order valence-electron chi connectivity index (χ2n) is 5.48. The van der Waals surface area contributed by atoms with Crippen molar-refractivity contribution in [2.24, 2.45) is 29.4 Å². The molecule has 0 saturated carbocycles. The zero-order chi connectivity index (χ0) is 11.8. The normalized spacial score (nSPS) is 17.8. The van der Waals surface area contributed by atoms with E-state index >= 15 is 0 Å². The molecule has 0 fully saturated rings. The highest BCUT2D eigenvalue weighted by Gasteiger charge is 2.23. The van der Waals surface area contributed by atoms with E-state index in [9.17, 15) is 0 Å². The van der Waals surface area contributed by atoms with Crippen LogP contribution in [-0.2, 0) is 0 Å². The minimum absolute atomic E-state index is 0.696.